The molecule has 1 heterocycles. The lowest BCUT2D eigenvalue weighted by Gasteiger charge is -1.99. The molecule has 0 aliphatic carbocycles. The number of allylic oxidation sites excluding steroid dienone is 1. The summed E-state index contributed by atoms with van der Waals surface area (Å²) in [6, 6.07) is 10.2. The van der Waals surface area contributed by atoms with Crippen LogP contribution in [-0.4, -0.2) is 0 Å². The largest absolute Gasteiger partial charge is 0.330 e. The van der Waals surface area contributed by atoms with Gasteiger partial charge < -0.3 is 0 Å². The summed E-state index contributed by atoms with van der Waals surface area (Å²) in [6.45, 7) is 2.18. The highest BCUT2D eigenvalue weighted by Crippen LogP contribution is 2.22. The van der Waals surface area contributed by atoms with Crippen molar-refractivity contribution in [2.24, 2.45) is 5.11 Å². The minimum atomic E-state index is 0.997. The van der Waals surface area contributed by atoms with Crippen LogP contribution in [0.25, 0.3) is 5.70 Å². The fraction of sp³-hybridized carbons (Fsp3) is 0.333. The lowest BCUT2D eigenvalue weighted by atomic mass is 10.1. The van der Waals surface area contributed by atoms with Crippen LogP contribution in [0.15, 0.2) is 41.1 Å². The van der Waals surface area contributed by atoms with Crippen molar-refractivity contribution in [1.29, 1.82) is 0 Å². The van der Waals surface area contributed by atoms with Gasteiger partial charge in [-0.2, -0.15) is 0 Å². The Bertz CT molecular complexity index is 379. The van der Waals surface area contributed by atoms with Gasteiger partial charge in [0.2, 0.25) is 0 Å². The number of hydrogen-bond donors (Lipinski definition) is 1. The third-order valence-electron chi connectivity index (χ3n) is 2.45. The van der Waals surface area contributed by atoms with Crippen molar-refractivity contribution in [2.75, 3.05) is 0 Å². The predicted molar refractivity (Wildman–Crippen MR) is 60.6 cm³/mol. The summed E-state index contributed by atoms with van der Waals surface area (Å²) in [5.74, 6) is 0. The third-order valence-corrected chi connectivity index (χ3v) is 2.45. The number of benzene rings is 1. The standard InChI is InChI=1S/C12H15N3/c1-2-3-9-11-12(14-15-13-11)10-7-5-4-6-8-10/h4-8H,2-3,9H2,1H3,(H,13,14)/q+1. The van der Waals surface area contributed by atoms with Crippen LogP contribution in [-0.2, 0) is 0 Å². The molecule has 0 bridgehead atoms. The van der Waals surface area contributed by atoms with Gasteiger partial charge in [-0.15, -0.1) is 0 Å². The molecule has 77 valence electrons. The van der Waals surface area contributed by atoms with E-state index in [0.717, 1.165) is 29.8 Å². The molecule has 3 heteroatoms. The normalized spacial score (nSPS) is 14.5. The SMILES string of the molecule is CCCCC1=C(c2ccccc2)N[N+]=N1. The summed E-state index contributed by atoms with van der Waals surface area (Å²) >= 11 is 0. The minimum absolute atomic E-state index is 0.997. The predicted octanol–water partition coefficient (Wildman–Crippen LogP) is 2.85. The Morgan fingerprint density at radius 2 is 2.07 bits per heavy atom. The average molecular weight is 201 g/mol. The topological polar surface area (TPSA) is 38.5 Å². The first-order valence-electron chi connectivity index (χ1n) is 5.37. The molecule has 15 heavy (non-hydrogen) atoms. The second-order valence-corrected chi connectivity index (χ2v) is 3.60. The maximum absolute atomic E-state index is 4.12. The Hall–Kier alpha value is -1.64. The van der Waals surface area contributed by atoms with Gasteiger partial charge in [-0.05, 0) is 12.8 Å². The van der Waals surface area contributed by atoms with Gasteiger partial charge in [-0.1, -0.05) is 49.1 Å². The number of nitrogens with zero attached hydrogens (tertiary/aromatic N) is 2. The highest BCUT2D eigenvalue weighted by Gasteiger charge is 2.21. The number of nitrogens with one attached hydrogen (secondary N) is 1. The highest BCUT2D eigenvalue weighted by molar-refractivity contribution is 5.67. The third kappa shape index (κ3) is 2.24. The van der Waals surface area contributed by atoms with Crippen molar-refractivity contribution in [1.82, 2.24) is 10.6 Å². The molecule has 1 aliphatic heterocycles. The van der Waals surface area contributed by atoms with Gasteiger partial charge in [0.1, 0.15) is 11.4 Å². The molecule has 0 spiro atoms. The van der Waals surface area contributed by atoms with E-state index in [1.165, 1.54) is 6.42 Å². The molecule has 1 aromatic carbocycles. The Morgan fingerprint density at radius 3 is 2.80 bits per heavy atom. The molecule has 1 aromatic rings. The molecule has 0 unspecified atom stereocenters. The van der Waals surface area contributed by atoms with Gasteiger partial charge in [0, 0.05) is 5.56 Å². The molecule has 0 saturated carbocycles. The maximum atomic E-state index is 4.12. The summed E-state index contributed by atoms with van der Waals surface area (Å²) in [5, 5.41) is 8.00. The van der Waals surface area contributed by atoms with Crippen molar-refractivity contribution < 1.29 is 0 Å². The summed E-state index contributed by atoms with van der Waals surface area (Å²) in [4.78, 5) is 0. The van der Waals surface area contributed by atoms with Crippen molar-refractivity contribution in [3.05, 3.63) is 41.6 Å². The van der Waals surface area contributed by atoms with E-state index in [2.05, 4.69) is 34.8 Å². The van der Waals surface area contributed by atoms with Crippen LogP contribution in [0.1, 0.15) is 31.7 Å². The minimum Gasteiger partial charge on any atom is -0.0684 e. The second kappa shape index (κ2) is 4.73. The molecular formula is C12H15N3+. The lowest BCUT2D eigenvalue weighted by molar-refractivity contribution is 0.763. The fourth-order valence-electron chi connectivity index (χ4n) is 1.61. The van der Waals surface area contributed by atoms with Gasteiger partial charge in [-0.3, -0.25) is 0 Å². The molecule has 1 radical (unpaired) electrons. The van der Waals surface area contributed by atoms with Crippen LogP contribution >= 0.6 is 0 Å². The van der Waals surface area contributed by atoms with Crippen molar-refractivity contribution >= 4 is 5.70 Å². The summed E-state index contributed by atoms with van der Waals surface area (Å²) < 4.78 is 0. The Balaban J connectivity index is 2.20. The Labute approximate surface area is 89.9 Å². The smallest absolute Gasteiger partial charge is 0.0684 e. The van der Waals surface area contributed by atoms with Crippen LogP contribution in [0.3, 0.4) is 0 Å². The van der Waals surface area contributed by atoms with Crippen LogP contribution < -0.4 is 10.6 Å². The van der Waals surface area contributed by atoms with E-state index in [-0.39, 0.29) is 0 Å². The van der Waals surface area contributed by atoms with Gasteiger partial charge in [-0.25, -0.2) is 0 Å². The number of rotatable bonds is 4. The first-order valence-corrected chi connectivity index (χ1v) is 5.37. The van der Waals surface area contributed by atoms with E-state index in [0.29, 0.717) is 0 Å². The van der Waals surface area contributed by atoms with E-state index >= 15 is 0 Å². The maximum Gasteiger partial charge on any atom is 0.330 e. The zero-order valence-electron chi connectivity index (χ0n) is 8.90. The molecule has 3 nitrogen and oxygen atoms in total. The monoisotopic (exact) mass is 201 g/mol. The average Bonchev–Trinajstić information content (AvgIpc) is 2.75. The zero-order chi connectivity index (χ0) is 10.5. The summed E-state index contributed by atoms with van der Waals surface area (Å²) in [5.41, 5.74) is 6.26. The van der Waals surface area contributed by atoms with Crippen LogP contribution in [0.5, 0.6) is 0 Å². The van der Waals surface area contributed by atoms with Gasteiger partial charge in [0.15, 0.2) is 0 Å². The fourth-order valence-corrected chi connectivity index (χ4v) is 1.61. The molecular weight excluding hydrogens is 186 g/mol. The number of unbranched alkanes of at least 4 members (excludes halogenated alkanes) is 1. The summed E-state index contributed by atoms with van der Waals surface area (Å²) in [6.07, 6.45) is 3.34. The molecule has 1 aliphatic rings. The summed E-state index contributed by atoms with van der Waals surface area (Å²) in [7, 11) is 0. The van der Waals surface area contributed by atoms with E-state index in [1.807, 2.05) is 18.2 Å². The second-order valence-electron chi connectivity index (χ2n) is 3.60. The van der Waals surface area contributed by atoms with E-state index < -0.39 is 0 Å². The van der Waals surface area contributed by atoms with Crippen molar-refractivity contribution in [3.8, 4) is 0 Å². The Kier molecular flexibility index (Phi) is 3.12. The van der Waals surface area contributed by atoms with Gasteiger partial charge in [0.25, 0.3) is 0 Å². The molecule has 2 rings (SSSR count). The zero-order valence-corrected chi connectivity index (χ0v) is 8.90. The molecule has 0 saturated heterocycles. The highest BCUT2D eigenvalue weighted by atomic mass is 15.5. The van der Waals surface area contributed by atoms with Gasteiger partial charge in [0.05, 0.1) is 5.11 Å². The molecule has 1 N–H and O–H groups in total. The van der Waals surface area contributed by atoms with Crippen molar-refractivity contribution in [2.45, 2.75) is 26.2 Å². The van der Waals surface area contributed by atoms with E-state index in [1.54, 1.807) is 0 Å². The molecule has 0 atom stereocenters. The van der Waals surface area contributed by atoms with Gasteiger partial charge >= 0.3 is 5.22 Å². The van der Waals surface area contributed by atoms with E-state index in [4.69, 9.17) is 0 Å². The molecule has 0 fully saturated rings. The quantitative estimate of drug-likeness (QED) is 0.799. The molecule has 0 aromatic heterocycles. The first kappa shape index (κ1) is 9.90. The first-order chi connectivity index (χ1) is 7.42. The molecule has 0 amide bonds. The number of hydrogen-bond acceptors (Lipinski definition) is 3. The van der Waals surface area contributed by atoms with Crippen LogP contribution in [0.4, 0.5) is 0 Å². The van der Waals surface area contributed by atoms with Crippen LogP contribution in [0, 0.1) is 0 Å². The Morgan fingerprint density at radius 1 is 1.27 bits per heavy atom. The van der Waals surface area contributed by atoms with Crippen molar-refractivity contribution in [3.63, 3.8) is 0 Å². The van der Waals surface area contributed by atoms with E-state index in [9.17, 15) is 0 Å². The van der Waals surface area contributed by atoms with Crippen LogP contribution in [0.2, 0.25) is 0 Å². The lowest BCUT2D eigenvalue weighted by Crippen LogP contribution is -2.08.